The van der Waals surface area contributed by atoms with Crippen LogP contribution in [0.25, 0.3) is 0 Å². The van der Waals surface area contributed by atoms with Gasteiger partial charge in [-0.2, -0.15) is 0 Å². The third-order valence-corrected chi connectivity index (χ3v) is 2.52. The predicted molar refractivity (Wildman–Crippen MR) is 54.7 cm³/mol. The Kier molecular flexibility index (Phi) is 4.70. The monoisotopic (exact) mass is 186 g/mol. The van der Waals surface area contributed by atoms with Gasteiger partial charge in [-0.25, -0.2) is 0 Å². The highest BCUT2D eigenvalue weighted by molar-refractivity contribution is 4.78. The van der Waals surface area contributed by atoms with Crippen molar-refractivity contribution in [2.75, 3.05) is 32.8 Å². The second kappa shape index (κ2) is 5.58. The van der Waals surface area contributed by atoms with Crippen LogP contribution in [0.4, 0.5) is 0 Å². The molecule has 78 valence electrons. The summed E-state index contributed by atoms with van der Waals surface area (Å²) in [6.45, 7) is 9.21. The lowest BCUT2D eigenvalue weighted by atomic mass is 9.97. The summed E-state index contributed by atoms with van der Waals surface area (Å²) >= 11 is 0. The summed E-state index contributed by atoms with van der Waals surface area (Å²) < 4.78 is 5.32. The van der Waals surface area contributed by atoms with E-state index < -0.39 is 0 Å². The normalized spacial score (nSPS) is 30.7. The molecule has 0 bridgehead atoms. The van der Waals surface area contributed by atoms with Gasteiger partial charge in [0, 0.05) is 32.3 Å². The van der Waals surface area contributed by atoms with Crippen LogP contribution in [0.2, 0.25) is 0 Å². The van der Waals surface area contributed by atoms with E-state index in [1.54, 1.807) is 0 Å². The molecule has 2 atom stereocenters. The van der Waals surface area contributed by atoms with Crippen molar-refractivity contribution >= 4 is 0 Å². The molecule has 0 radical (unpaired) electrons. The third kappa shape index (κ3) is 4.07. The molecule has 2 unspecified atom stereocenters. The first-order valence-electron chi connectivity index (χ1n) is 5.28. The van der Waals surface area contributed by atoms with Gasteiger partial charge in [0.1, 0.15) is 0 Å². The summed E-state index contributed by atoms with van der Waals surface area (Å²) in [4.78, 5) is 2.41. The summed E-state index contributed by atoms with van der Waals surface area (Å²) in [6, 6.07) is 0.366. The molecule has 2 N–H and O–H groups in total. The zero-order valence-corrected chi connectivity index (χ0v) is 8.83. The first-order chi connectivity index (χ1) is 6.22. The third-order valence-electron chi connectivity index (χ3n) is 2.52. The van der Waals surface area contributed by atoms with Gasteiger partial charge in [-0.1, -0.05) is 6.92 Å². The molecule has 1 heterocycles. The van der Waals surface area contributed by atoms with Crippen LogP contribution in [-0.4, -0.2) is 43.8 Å². The van der Waals surface area contributed by atoms with Crippen molar-refractivity contribution in [2.24, 2.45) is 11.7 Å². The number of hydrogen-bond acceptors (Lipinski definition) is 3. The smallest absolute Gasteiger partial charge is 0.0593 e. The maximum atomic E-state index is 5.94. The van der Waals surface area contributed by atoms with Gasteiger partial charge in [-0.05, 0) is 19.3 Å². The molecule has 0 aromatic rings. The number of piperidine rings is 1. The molecule has 1 aliphatic heterocycles. The van der Waals surface area contributed by atoms with Crippen molar-refractivity contribution in [3.8, 4) is 0 Å². The average molecular weight is 186 g/mol. The van der Waals surface area contributed by atoms with Crippen LogP contribution in [-0.2, 0) is 4.74 Å². The van der Waals surface area contributed by atoms with Gasteiger partial charge in [0.15, 0.2) is 0 Å². The number of ether oxygens (including phenoxy) is 1. The Morgan fingerprint density at radius 3 is 2.85 bits per heavy atom. The van der Waals surface area contributed by atoms with E-state index >= 15 is 0 Å². The number of rotatable bonds is 4. The van der Waals surface area contributed by atoms with Gasteiger partial charge in [-0.3, -0.25) is 4.90 Å². The number of nitrogens with two attached hydrogens (primary N) is 1. The van der Waals surface area contributed by atoms with Crippen molar-refractivity contribution in [1.29, 1.82) is 0 Å². The molecule has 0 aromatic carbocycles. The largest absolute Gasteiger partial charge is 0.380 e. The highest BCUT2D eigenvalue weighted by Gasteiger charge is 2.21. The van der Waals surface area contributed by atoms with Gasteiger partial charge in [0.25, 0.3) is 0 Å². The van der Waals surface area contributed by atoms with Crippen LogP contribution in [0, 0.1) is 5.92 Å². The highest BCUT2D eigenvalue weighted by atomic mass is 16.5. The van der Waals surface area contributed by atoms with Crippen LogP contribution in [0.5, 0.6) is 0 Å². The fourth-order valence-corrected chi connectivity index (χ4v) is 2.03. The minimum Gasteiger partial charge on any atom is -0.380 e. The predicted octanol–water partition coefficient (Wildman–Crippen LogP) is 0.692. The van der Waals surface area contributed by atoms with Crippen molar-refractivity contribution in [1.82, 2.24) is 4.90 Å². The lowest BCUT2D eigenvalue weighted by Crippen LogP contribution is -2.47. The SMILES string of the molecule is CCOCCN1CC(C)CC(N)C1. The standard InChI is InChI=1S/C10H22N2O/c1-3-13-5-4-12-7-9(2)6-10(11)8-12/h9-10H,3-8,11H2,1-2H3. The Bertz CT molecular complexity index is 131. The van der Waals surface area contributed by atoms with Crippen LogP contribution >= 0.6 is 0 Å². The number of likely N-dealkylation sites (tertiary alicyclic amines) is 1. The molecule has 1 saturated heterocycles. The molecule has 0 amide bonds. The molecular weight excluding hydrogens is 164 g/mol. The van der Waals surface area contributed by atoms with Crippen LogP contribution in [0.3, 0.4) is 0 Å². The molecule has 3 nitrogen and oxygen atoms in total. The molecule has 0 saturated carbocycles. The van der Waals surface area contributed by atoms with Gasteiger partial charge in [0.2, 0.25) is 0 Å². The molecule has 1 rings (SSSR count). The van der Waals surface area contributed by atoms with Crippen LogP contribution in [0.1, 0.15) is 20.3 Å². The fourth-order valence-electron chi connectivity index (χ4n) is 2.03. The molecule has 0 aromatic heterocycles. The molecule has 13 heavy (non-hydrogen) atoms. The average Bonchev–Trinajstić information content (AvgIpc) is 2.03. The highest BCUT2D eigenvalue weighted by Crippen LogP contribution is 2.14. The van der Waals surface area contributed by atoms with Crippen molar-refractivity contribution < 1.29 is 4.74 Å². The van der Waals surface area contributed by atoms with Crippen molar-refractivity contribution in [3.63, 3.8) is 0 Å². The van der Waals surface area contributed by atoms with Crippen LogP contribution in [0.15, 0.2) is 0 Å². The maximum Gasteiger partial charge on any atom is 0.0593 e. The molecular formula is C10H22N2O. The number of hydrogen-bond donors (Lipinski definition) is 1. The second-order valence-corrected chi connectivity index (χ2v) is 4.06. The summed E-state index contributed by atoms with van der Waals surface area (Å²) in [7, 11) is 0. The van der Waals surface area contributed by atoms with Gasteiger partial charge < -0.3 is 10.5 Å². The minimum absolute atomic E-state index is 0.366. The lowest BCUT2D eigenvalue weighted by molar-refractivity contribution is 0.0888. The van der Waals surface area contributed by atoms with Crippen LogP contribution < -0.4 is 5.73 Å². The minimum atomic E-state index is 0.366. The van der Waals surface area contributed by atoms with Crippen molar-refractivity contribution in [3.05, 3.63) is 0 Å². The molecule has 1 aliphatic rings. The first-order valence-corrected chi connectivity index (χ1v) is 5.28. The maximum absolute atomic E-state index is 5.94. The van der Waals surface area contributed by atoms with E-state index in [1.165, 1.54) is 13.0 Å². The molecule has 0 spiro atoms. The Hall–Kier alpha value is -0.120. The molecule has 0 aliphatic carbocycles. The summed E-state index contributed by atoms with van der Waals surface area (Å²) in [6.07, 6.45) is 1.17. The van der Waals surface area contributed by atoms with Gasteiger partial charge in [0.05, 0.1) is 6.61 Å². The quantitative estimate of drug-likeness (QED) is 0.657. The summed E-state index contributed by atoms with van der Waals surface area (Å²) in [5.41, 5.74) is 5.94. The zero-order chi connectivity index (χ0) is 9.68. The topological polar surface area (TPSA) is 38.5 Å². The fraction of sp³-hybridized carbons (Fsp3) is 1.00. The number of nitrogens with zero attached hydrogens (tertiary/aromatic N) is 1. The van der Waals surface area contributed by atoms with Gasteiger partial charge in [-0.15, -0.1) is 0 Å². The second-order valence-electron chi connectivity index (χ2n) is 4.06. The van der Waals surface area contributed by atoms with E-state index in [9.17, 15) is 0 Å². The summed E-state index contributed by atoms with van der Waals surface area (Å²) in [5.74, 6) is 0.741. The zero-order valence-electron chi connectivity index (χ0n) is 8.83. The van der Waals surface area contributed by atoms with E-state index in [1.807, 2.05) is 6.92 Å². The van der Waals surface area contributed by atoms with E-state index in [0.717, 1.165) is 32.2 Å². The van der Waals surface area contributed by atoms with Gasteiger partial charge >= 0.3 is 0 Å². The van der Waals surface area contributed by atoms with E-state index in [2.05, 4.69) is 11.8 Å². The Morgan fingerprint density at radius 1 is 1.46 bits per heavy atom. The summed E-state index contributed by atoms with van der Waals surface area (Å²) in [5, 5.41) is 0. The molecule has 3 heteroatoms. The first kappa shape index (κ1) is 11.0. The van der Waals surface area contributed by atoms with E-state index in [4.69, 9.17) is 10.5 Å². The lowest BCUT2D eigenvalue weighted by Gasteiger charge is -2.34. The van der Waals surface area contributed by atoms with E-state index in [-0.39, 0.29) is 0 Å². The van der Waals surface area contributed by atoms with Crippen molar-refractivity contribution in [2.45, 2.75) is 26.3 Å². The molecule has 1 fully saturated rings. The Morgan fingerprint density at radius 2 is 2.23 bits per heavy atom. The van der Waals surface area contributed by atoms with E-state index in [0.29, 0.717) is 6.04 Å². The Labute approximate surface area is 81.2 Å². The Balaban J connectivity index is 2.17.